The summed E-state index contributed by atoms with van der Waals surface area (Å²) >= 11 is 0. The molecule has 1 fully saturated rings. The van der Waals surface area contributed by atoms with Crippen LogP contribution in [0.3, 0.4) is 0 Å². The molecule has 0 radical (unpaired) electrons. The van der Waals surface area contributed by atoms with Gasteiger partial charge in [-0.15, -0.1) is 0 Å². The molecule has 5 nitrogen and oxygen atoms in total. The van der Waals surface area contributed by atoms with E-state index >= 15 is 0 Å². The molecule has 3 N–H and O–H groups in total. The Labute approximate surface area is 153 Å². The molecule has 1 saturated heterocycles. The van der Waals surface area contributed by atoms with Gasteiger partial charge >= 0.3 is 0 Å². The van der Waals surface area contributed by atoms with Gasteiger partial charge in [0.2, 0.25) is 11.8 Å². The number of anilines is 1. The highest BCUT2D eigenvalue weighted by atomic mass is 16.2. The van der Waals surface area contributed by atoms with Crippen LogP contribution in [-0.2, 0) is 16.1 Å². The molecule has 2 aromatic rings. The van der Waals surface area contributed by atoms with Gasteiger partial charge in [-0.25, -0.2) is 0 Å². The Hall–Kier alpha value is -2.92. The summed E-state index contributed by atoms with van der Waals surface area (Å²) in [4.78, 5) is 25.7. The van der Waals surface area contributed by atoms with Crippen molar-refractivity contribution in [3.05, 3.63) is 71.8 Å². The molecule has 0 saturated carbocycles. The van der Waals surface area contributed by atoms with E-state index < -0.39 is 0 Å². The molecule has 0 aliphatic carbocycles. The minimum absolute atomic E-state index is 0.179. The first-order chi connectivity index (χ1) is 12.6. The maximum atomic E-state index is 12.1. The lowest BCUT2D eigenvalue weighted by Gasteiger charge is -2.22. The second-order valence-corrected chi connectivity index (χ2v) is 6.46. The number of primary amides is 1. The third-order valence-electron chi connectivity index (χ3n) is 4.50. The molecule has 2 amide bonds. The molecule has 3 rings (SSSR count). The zero-order valence-corrected chi connectivity index (χ0v) is 14.6. The van der Waals surface area contributed by atoms with E-state index in [2.05, 4.69) is 10.2 Å². The second kappa shape index (κ2) is 8.45. The maximum Gasteiger partial charge on any atom is 0.248 e. The highest BCUT2D eigenvalue weighted by Gasteiger charge is 2.28. The first-order valence-electron chi connectivity index (χ1n) is 8.78. The van der Waals surface area contributed by atoms with Gasteiger partial charge in [0.15, 0.2) is 0 Å². The summed E-state index contributed by atoms with van der Waals surface area (Å²) in [5, 5.41) is 2.88. The number of nitrogens with zero attached hydrogens (tertiary/aromatic N) is 1. The summed E-state index contributed by atoms with van der Waals surface area (Å²) in [7, 11) is 0. The molecular formula is C21H23N3O2. The molecule has 0 aromatic heterocycles. The second-order valence-electron chi connectivity index (χ2n) is 6.46. The van der Waals surface area contributed by atoms with Gasteiger partial charge in [-0.05, 0) is 48.7 Å². The minimum Gasteiger partial charge on any atom is -0.368 e. The number of nitrogens with two attached hydrogens (primary N) is 1. The van der Waals surface area contributed by atoms with E-state index in [1.54, 1.807) is 6.08 Å². The van der Waals surface area contributed by atoms with Crippen LogP contribution in [0.25, 0.3) is 6.08 Å². The molecule has 0 spiro atoms. The summed E-state index contributed by atoms with van der Waals surface area (Å²) in [5.74, 6) is -0.444. The largest absolute Gasteiger partial charge is 0.368 e. The number of carbonyl (C=O) groups excluding carboxylic acids is 2. The molecule has 1 atom stereocenters. The number of likely N-dealkylation sites (tertiary alicyclic amines) is 1. The van der Waals surface area contributed by atoms with Crippen LogP contribution in [0.5, 0.6) is 0 Å². The Morgan fingerprint density at radius 3 is 2.73 bits per heavy atom. The smallest absolute Gasteiger partial charge is 0.248 e. The molecule has 1 aliphatic rings. The Balaban J connectivity index is 1.61. The average Bonchev–Trinajstić information content (AvgIpc) is 3.09. The Morgan fingerprint density at radius 1 is 1.15 bits per heavy atom. The van der Waals surface area contributed by atoms with Crippen molar-refractivity contribution in [3.8, 4) is 0 Å². The molecule has 26 heavy (non-hydrogen) atoms. The number of amides is 2. The Kier molecular flexibility index (Phi) is 5.81. The fourth-order valence-electron chi connectivity index (χ4n) is 3.24. The van der Waals surface area contributed by atoms with Crippen LogP contribution in [0.2, 0.25) is 0 Å². The van der Waals surface area contributed by atoms with Gasteiger partial charge in [0.25, 0.3) is 0 Å². The van der Waals surface area contributed by atoms with Gasteiger partial charge in [0.1, 0.15) is 0 Å². The third-order valence-corrected chi connectivity index (χ3v) is 4.50. The summed E-state index contributed by atoms with van der Waals surface area (Å²) in [5.41, 5.74) is 8.23. The molecule has 0 bridgehead atoms. The molecule has 0 unspecified atom stereocenters. The Morgan fingerprint density at radius 2 is 1.96 bits per heavy atom. The van der Waals surface area contributed by atoms with Crippen molar-refractivity contribution in [2.75, 3.05) is 11.9 Å². The van der Waals surface area contributed by atoms with E-state index in [9.17, 15) is 9.59 Å². The third kappa shape index (κ3) is 4.80. The molecule has 1 heterocycles. The van der Waals surface area contributed by atoms with Gasteiger partial charge in [-0.3, -0.25) is 14.5 Å². The molecule has 2 aromatic carbocycles. The zero-order valence-electron chi connectivity index (χ0n) is 14.6. The summed E-state index contributed by atoms with van der Waals surface area (Å²) < 4.78 is 0. The van der Waals surface area contributed by atoms with Crippen molar-refractivity contribution >= 4 is 23.6 Å². The van der Waals surface area contributed by atoms with E-state index in [0.29, 0.717) is 6.54 Å². The number of hydrogen-bond donors (Lipinski definition) is 2. The molecule has 5 heteroatoms. The fourth-order valence-corrected chi connectivity index (χ4v) is 3.24. The molecular weight excluding hydrogens is 326 g/mol. The number of benzene rings is 2. The molecule has 1 aliphatic heterocycles. The van der Waals surface area contributed by atoms with Crippen molar-refractivity contribution < 1.29 is 9.59 Å². The normalized spacial score (nSPS) is 17.5. The Bertz CT molecular complexity index is 802. The lowest BCUT2D eigenvalue weighted by Crippen LogP contribution is -2.39. The van der Waals surface area contributed by atoms with Crippen LogP contribution in [0.15, 0.2) is 60.7 Å². The highest BCUT2D eigenvalue weighted by molar-refractivity contribution is 6.01. The van der Waals surface area contributed by atoms with Crippen LogP contribution in [-0.4, -0.2) is 29.3 Å². The quantitative estimate of drug-likeness (QED) is 0.788. The van der Waals surface area contributed by atoms with E-state index in [-0.39, 0.29) is 17.9 Å². The van der Waals surface area contributed by atoms with Crippen molar-refractivity contribution in [1.29, 1.82) is 0 Å². The summed E-state index contributed by atoms with van der Waals surface area (Å²) in [6.07, 6.45) is 5.09. The van der Waals surface area contributed by atoms with Gasteiger partial charge in [-0.1, -0.05) is 42.5 Å². The van der Waals surface area contributed by atoms with Crippen molar-refractivity contribution in [2.24, 2.45) is 5.73 Å². The first kappa shape index (κ1) is 17.9. The predicted octanol–water partition coefficient (Wildman–Crippen LogP) is 2.79. The van der Waals surface area contributed by atoms with E-state index in [4.69, 9.17) is 5.73 Å². The van der Waals surface area contributed by atoms with Gasteiger partial charge < -0.3 is 11.1 Å². The minimum atomic E-state index is -0.266. The number of hydrogen-bond acceptors (Lipinski definition) is 3. The van der Waals surface area contributed by atoms with Gasteiger partial charge in [0, 0.05) is 18.3 Å². The van der Waals surface area contributed by atoms with E-state index in [1.807, 2.05) is 54.6 Å². The standard InChI is InChI=1S/C21H23N3O2/c22-21(26)19-10-5-13-24(19)15-17-8-4-9-18(14-17)23-20(25)12-11-16-6-2-1-3-7-16/h1-4,6-9,11-12,14,19H,5,10,13,15H2,(H2,22,26)(H,23,25)/b12-11+/t19-/m0/s1. The SMILES string of the molecule is NC(=O)[C@@H]1CCCN1Cc1cccc(NC(=O)/C=C/c2ccccc2)c1. The topological polar surface area (TPSA) is 75.4 Å². The van der Waals surface area contributed by atoms with Crippen LogP contribution in [0, 0.1) is 0 Å². The highest BCUT2D eigenvalue weighted by Crippen LogP contribution is 2.21. The van der Waals surface area contributed by atoms with E-state index in [0.717, 1.165) is 36.2 Å². The average molecular weight is 349 g/mol. The zero-order chi connectivity index (χ0) is 18.4. The van der Waals surface area contributed by atoms with E-state index in [1.165, 1.54) is 6.08 Å². The maximum absolute atomic E-state index is 12.1. The molecule has 134 valence electrons. The number of rotatable bonds is 6. The lowest BCUT2D eigenvalue weighted by molar-refractivity contribution is -0.122. The van der Waals surface area contributed by atoms with Crippen molar-refractivity contribution in [1.82, 2.24) is 4.90 Å². The van der Waals surface area contributed by atoms with Crippen LogP contribution in [0.1, 0.15) is 24.0 Å². The van der Waals surface area contributed by atoms with Gasteiger partial charge in [0.05, 0.1) is 6.04 Å². The lowest BCUT2D eigenvalue weighted by atomic mass is 10.1. The van der Waals surface area contributed by atoms with Gasteiger partial charge in [-0.2, -0.15) is 0 Å². The van der Waals surface area contributed by atoms with Crippen molar-refractivity contribution in [3.63, 3.8) is 0 Å². The summed E-state index contributed by atoms with van der Waals surface area (Å²) in [6.45, 7) is 1.52. The monoisotopic (exact) mass is 349 g/mol. The van der Waals surface area contributed by atoms with Crippen LogP contribution in [0.4, 0.5) is 5.69 Å². The number of nitrogens with one attached hydrogen (secondary N) is 1. The number of carbonyl (C=O) groups is 2. The summed E-state index contributed by atoms with van der Waals surface area (Å²) in [6, 6.07) is 17.2. The van der Waals surface area contributed by atoms with Crippen LogP contribution < -0.4 is 11.1 Å². The van der Waals surface area contributed by atoms with Crippen molar-refractivity contribution in [2.45, 2.75) is 25.4 Å². The predicted molar refractivity (Wildman–Crippen MR) is 103 cm³/mol. The first-order valence-corrected chi connectivity index (χ1v) is 8.78. The fraction of sp³-hybridized carbons (Fsp3) is 0.238. The van der Waals surface area contributed by atoms with Crippen LogP contribution >= 0.6 is 0 Å².